The normalized spacial score (nSPS) is 9.83. The van der Waals surface area contributed by atoms with Crippen LogP contribution >= 0.6 is 0 Å². The molecule has 2 heteroatoms. The van der Waals surface area contributed by atoms with Gasteiger partial charge >= 0.3 is 0 Å². The van der Waals surface area contributed by atoms with Gasteiger partial charge in [0.2, 0.25) is 5.91 Å². The lowest BCUT2D eigenvalue weighted by Crippen LogP contribution is -2.07. The molecule has 0 unspecified atom stereocenters. The fraction of sp³-hybridized carbons (Fsp3) is 0.0625. The average Bonchev–Trinajstić information content (AvgIpc) is 2.39. The van der Waals surface area contributed by atoms with Gasteiger partial charge in [0.05, 0.1) is 0 Å². The summed E-state index contributed by atoms with van der Waals surface area (Å²) in [5, 5.41) is 2.79. The smallest absolute Gasteiger partial charge is 0.247 e. The van der Waals surface area contributed by atoms with Gasteiger partial charge in [-0.05, 0) is 41.8 Å². The van der Waals surface area contributed by atoms with Crippen molar-refractivity contribution in [2.45, 2.75) is 6.92 Å². The Hall–Kier alpha value is -2.35. The van der Waals surface area contributed by atoms with Crippen LogP contribution in [-0.2, 0) is 4.79 Å². The second-order valence-corrected chi connectivity index (χ2v) is 4.15. The van der Waals surface area contributed by atoms with E-state index in [1.54, 1.807) is 0 Å². The van der Waals surface area contributed by atoms with Gasteiger partial charge in [0, 0.05) is 5.69 Å². The standard InChI is InChI=1S/C16H15NO/c1-3-16(18)17-15-10-12(2)9-14(11-15)13-7-5-4-6-8-13/h3-11H,1H2,2H3,(H,17,18). The minimum atomic E-state index is -0.195. The van der Waals surface area contributed by atoms with Crippen LogP contribution in [0.3, 0.4) is 0 Å². The maximum atomic E-state index is 11.3. The zero-order valence-electron chi connectivity index (χ0n) is 10.3. The lowest BCUT2D eigenvalue weighted by Gasteiger charge is -2.08. The summed E-state index contributed by atoms with van der Waals surface area (Å²) in [5.74, 6) is -0.195. The van der Waals surface area contributed by atoms with Crippen LogP contribution in [-0.4, -0.2) is 5.91 Å². The van der Waals surface area contributed by atoms with Crippen LogP contribution in [0.5, 0.6) is 0 Å². The summed E-state index contributed by atoms with van der Waals surface area (Å²) in [6, 6.07) is 16.1. The second kappa shape index (κ2) is 5.32. The van der Waals surface area contributed by atoms with Crippen molar-refractivity contribution in [3.05, 3.63) is 66.7 Å². The molecular weight excluding hydrogens is 222 g/mol. The van der Waals surface area contributed by atoms with E-state index < -0.39 is 0 Å². The van der Waals surface area contributed by atoms with Crippen LogP contribution in [0.25, 0.3) is 11.1 Å². The zero-order chi connectivity index (χ0) is 13.0. The molecule has 18 heavy (non-hydrogen) atoms. The van der Waals surface area contributed by atoms with E-state index >= 15 is 0 Å². The van der Waals surface area contributed by atoms with Gasteiger partial charge in [-0.2, -0.15) is 0 Å². The van der Waals surface area contributed by atoms with E-state index in [0.29, 0.717) is 0 Å². The van der Waals surface area contributed by atoms with Crippen molar-refractivity contribution in [1.82, 2.24) is 0 Å². The predicted molar refractivity (Wildman–Crippen MR) is 75.4 cm³/mol. The molecule has 0 saturated carbocycles. The number of anilines is 1. The summed E-state index contributed by atoms with van der Waals surface area (Å²) in [6.07, 6.45) is 1.27. The van der Waals surface area contributed by atoms with E-state index in [4.69, 9.17) is 0 Å². The van der Waals surface area contributed by atoms with E-state index in [1.165, 1.54) is 6.08 Å². The highest BCUT2D eigenvalue weighted by molar-refractivity contribution is 5.99. The van der Waals surface area contributed by atoms with Crippen LogP contribution in [0.15, 0.2) is 61.2 Å². The summed E-state index contributed by atoms with van der Waals surface area (Å²) in [7, 11) is 0. The SMILES string of the molecule is C=CC(=O)Nc1cc(C)cc(-c2ccccc2)c1. The third-order valence-corrected chi connectivity index (χ3v) is 2.64. The fourth-order valence-corrected chi connectivity index (χ4v) is 1.85. The van der Waals surface area contributed by atoms with Gasteiger partial charge in [-0.3, -0.25) is 4.79 Å². The molecule has 2 nitrogen and oxygen atoms in total. The molecular formula is C16H15NO. The number of amides is 1. The van der Waals surface area contributed by atoms with Crippen molar-refractivity contribution < 1.29 is 4.79 Å². The zero-order valence-corrected chi connectivity index (χ0v) is 10.3. The Morgan fingerprint density at radius 1 is 1.11 bits per heavy atom. The molecule has 0 aliphatic carbocycles. The Morgan fingerprint density at radius 3 is 2.50 bits per heavy atom. The molecule has 0 fully saturated rings. The number of benzene rings is 2. The number of carbonyl (C=O) groups excluding carboxylic acids is 1. The molecule has 2 aromatic carbocycles. The van der Waals surface area contributed by atoms with E-state index in [1.807, 2.05) is 49.4 Å². The first-order chi connectivity index (χ1) is 8.69. The molecule has 0 atom stereocenters. The molecule has 2 aromatic rings. The highest BCUT2D eigenvalue weighted by Crippen LogP contribution is 2.24. The summed E-state index contributed by atoms with van der Waals surface area (Å²) < 4.78 is 0. The van der Waals surface area contributed by atoms with Gasteiger partial charge < -0.3 is 5.32 Å². The number of hydrogen-bond donors (Lipinski definition) is 1. The molecule has 0 aromatic heterocycles. The fourth-order valence-electron chi connectivity index (χ4n) is 1.85. The van der Waals surface area contributed by atoms with Gasteiger partial charge in [-0.1, -0.05) is 43.0 Å². The van der Waals surface area contributed by atoms with Crippen molar-refractivity contribution >= 4 is 11.6 Å². The first kappa shape index (κ1) is 12.1. The molecule has 0 spiro atoms. The number of aryl methyl sites for hydroxylation is 1. The molecule has 0 aliphatic heterocycles. The van der Waals surface area contributed by atoms with Crippen molar-refractivity contribution in [3.8, 4) is 11.1 Å². The molecule has 0 radical (unpaired) electrons. The number of rotatable bonds is 3. The minimum absolute atomic E-state index is 0.195. The Kier molecular flexibility index (Phi) is 3.58. The third kappa shape index (κ3) is 2.86. The maximum absolute atomic E-state index is 11.3. The molecule has 0 heterocycles. The molecule has 1 N–H and O–H groups in total. The quantitative estimate of drug-likeness (QED) is 0.808. The van der Waals surface area contributed by atoms with Crippen molar-refractivity contribution in [2.24, 2.45) is 0 Å². The molecule has 2 rings (SSSR count). The summed E-state index contributed by atoms with van der Waals surface area (Å²) in [6.45, 7) is 5.46. The van der Waals surface area contributed by atoms with Crippen molar-refractivity contribution in [1.29, 1.82) is 0 Å². The molecule has 0 aliphatic rings. The van der Waals surface area contributed by atoms with E-state index in [0.717, 1.165) is 22.4 Å². The van der Waals surface area contributed by atoms with Crippen molar-refractivity contribution in [3.63, 3.8) is 0 Å². The van der Waals surface area contributed by atoms with Gasteiger partial charge in [0.15, 0.2) is 0 Å². The predicted octanol–water partition coefficient (Wildman–Crippen LogP) is 3.79. The number of carbonyl (C=O) groups is 1. The summed E-state index contributed by atoms with van der Waals surface area (Å²) in [4.78, 5) is 11.3. The summed E-state index contributed by atoms with van der Waals surface area (Å²) >= 11 is 0. The average molecular weight is 237 g/mol. The van der Waals surface area contributed by atoms with Crippen LogP contribution < -0.4 is 5.32 Å². The molecule has 1 amide bonds. The van der Waals surface area contributed by atoms with E-state index in [9.17, 15) is 4.79 Å². The topological polar surface area (TPSA) is 29.1 Å². The van der Waals surface area contributed by atoms with Gasteiger partial charge in [-0.25, -0.2) is 0 Å². The van der Waals surface area contributed by atoms with Gasteiger partial charge in [-0.15, -0.1) is 0 Å². The Balaban J connectivity index is 2.38. The van der Waals surface area contributed by atoms with Crippen LogP contribution in [0.1, 0.15) is 5.56 Å². The Bertz CT molecular complexity index is 573. The minimum Gasteiger partial charge on any atom is -0.323 e. The Morgan fingerprint density at radius 2 is 1.83 bits per heavy atom. The highest BCUT2D eigenvalue weighted by Gasteiger charge is 2.02. The second-order valence-electron chi connectivity index (χ2n) is 4.15. The largest absolute Gasteiger partial charge is 0.323 e. The number of nitrogens with one attached hydrogen (secondary N) is 1. The van der Waals surface area contributed by atoms with Crippen molar-refractivity contribution in [2.75, 3.05) is 5.32 Å². The van der Waals surface area contributed by atoms with E-state index in [2.05, 4.69) is 18.0 Å². The third-order valence-electron chi connectivity index (χ3n) is 2.64. The van der Waals surface area contributed by atoms with Crippen LogP contribution in [0, 0.1) is 6.92 Å². The first-order valence-corrected chi connectivity index (χ1v) is 5.79. The lowest BCUT2D eigenvalue weighted by molar-refractivity contribution is -0.111. The Labute approximate surface area is 107 Å². The van der Waals surface area contributed by atoms with Crippen LogP contribution in [0.2, 0.25) is 0 Å². The first-order valence-electron chi connectivity index (χ1n) is 5.79. The number of hydrogen-bond acceptors (Lipinski definition) is 1. The molecule has 0 saturated heterocycles. The molecule has 0 bridgehead atoms. The van der Waals surface area contributed by atoms with E-state index in [-0.39, 0.29) is 5.91 Å². The summed E-state index contributed by atoms with van der Waals surface area (Å²) in [5.41, 5.74) is 4.12. The van der Waals surface area contributed by atoms with Gasteiger partial charge in [0.25, 0.3) is 0 Å². The van der Waals surface area contributed by atoms with Gasteiger partial charge in [0.1, 0.15) is 0 Å². The maximum Gasteiger partial charge on any atom is 0.247 e. The monoisotopic (exact) mass is 237 g/mol. The lowest BCUT2D eigenvalue weighted by atomic mass is 10.0. The van der Waals surface area contributed by atoms with Crippen LogP contribution in [0.4, 0.5) is 5.69 Å². The highest BCUT2D eigenvalue weighted by atomic mass is 16.1. The molecule has 90 valence electrons.